The van der Waals surface area contributed by atoms with E-state index in [2.05, 4.69) is 32.7 Å². The minimum Gasteiger partial charge on any atom is -0.481 e. The Morgan fingerprint density at radius 3 is 2.33 bits per heavy atom. The summed E-state index contributed by atoms with van der Waals surface area (Å²) in [6.07, 6.45) is 3.57. The lowest BCUT2D eigenvalue weighted by Crippen LogP contribution is -2.44. The van der Waals surface area contributed by atoms with E-state index in [-0.39, 0.29) is 11.0 Å². The number of aliphatic carboxylic acids is 1. The Balaban J connectivity index is 2.51. The van der Waals surface area contributed by atoms with Crippen molar-refractivity contribution in [3.63, 3.8) is 0 Å². The van der Waals surface area contributed by atoms with Gasteiger partial charge in [-0.2, -0.15) is 0 Å². The molecular formula is C12H23NO2. The molecule has 3 nitrogen and oxygen atoms in total. The van der Waals surface area contributed by atoms with Gasteiger partial charge in [0.05, 0.1) is 6.42 Å². The third-order valence-corrected chi connectivity index (χ3v) is 3.95. The summed E-state index contributed by atoms with van der Waals surface area (Å²) in [5.41, 5.74) is 0.251. The Morgan fingerprint density at radius 2 is 2.00 bits per heavy atom. The molecule has 0 aromatic heterocycles. The molecule has 0 aromatic carbocycles. The molecule has 1 aliphatic carbocycles. The van der Waals surface area contributed by atoms with E-state index in [0.29, 0.717) is 6.42 Å². The molecular weight excluding hydrogens is 190 g/mol. The second kappa shape index (κ2) is 4.12. The van der Waals surface area contributed by atoms with Gasteiger partial charge < -0.3 is 10.0 Å². The van der Waals surface area contributed by atoms with Crippen molar-refractivity contribution in [2.75, 3.05) is 13.6 Å². The zero-order chi connectivity index (χ0) is 11.7. The van der Waals surface area contributed by atoms with Crippen molar-refractivity contribution < 1.29 is 9.90 Å². The van der Waals surface area contributed by atoms with Crippen molar-refractivity contribution in [2.24, 2.45) is 5.41 Å². The van der Waals surface area contributed by atoms with Gasteiger partial charge >= 0.3 is 5.97 Å². The summed E-state index contributed by atoms with van der Waals surface area (Å²) in [4.78, 5) is 13.0. The highest BCUT2D eigenvalue weighted by molar-refractivity contribution is 5.68. The van der Waals surface area contributed by atoms with Crippen molar-refractivity contribution in [1.29, 1.82) is 0 Å². The number of carbonyl (C=O) groups is 1. The molecule has 1 aliphatic rings. The van der Waals surface area contributed by atoms with E-state index in [1.54, 1.807) is 0 Å². The molecule has 1 N–H and O–H groups in total. The van der Waals surface area contributed by atoms with E-state index in [1.165, 1.54) is 0 Å². The van der Waals surface area contributed by atoms with Gasteiger partial charge in [0.25, 0.3) is 0 Å². The predicted octanol–water partition coefficient (Wildman–Crippen LogP) is 2.36. The lowest BCUT2D eigenvalue weighted by atomic mass is 9.95. The van der Waals surface area contributed by atoms with E-state index >= 15 is 0 Å². The topological polar surface area (TPSA) is 40.5 Å². The molecule has 0 atom stereocenters. The average Bonchev–Trinajstić information content (AvgIpc) is 2.83. The van der Waals surface area contributed by atoms with Crippen LogP contribution in [0.15, 0.2) is 0 Å². The van der Waals surface area contributed by atoms with Gasteiger partial charge in [0, 0.05) is 12.1 Å². The molecule has 88 valence electrons. The number of carboxylic acid groups (broad SMARTS) is 1. The van der Waals surface area contributed by atoms with E-state index < -0.39 is 5.97 Å². The van der Waals surface area contributed by atoms with Gasteiger partial charge in [-0.3, -0.25) is 4.79 Å². The van der Waals surface area contributed by atoms with Gasteiger partial charge in [0.15, 0.2) is 0 Å². The second-order valence-electron chi connectivity index (χ2n) is 5.59. The second-order valence-corrected chi connectivity index (χ2v) is 5.59. The molecule has 0 unspecified atom stereocenters. The smallest absolute Gasteiger partial charge is 0.303 e. The molecule has 0 aromatic rings. The minimum atomic E-state index is -0.657. The molecule has 0 radical (unpaired) electrons. The lowest BCUT2D eigenvalue weighted by Gasteiger charge is -2.37. The number of hydrogen-bond acceptors (Lipinski definition) is 2. The molecule has 1 fully saturated rings. The number of rotatable bonds is 6. The Bertz CT molecular complexity index is 244. The maximum absolute atomic E-state index is 10.7. The van der Waals surface area contributed by atoms with Gasteiger partial charge in [0.2, 0.25) is 0 Å². The average molecular weight is 213 g/mol. The van der Waals surface area contributed by atoms with Crippen LogP contribution in [0.2, 0.25) is 0 Å². The molecule has 3 heteroatoms. The van der Waals surface area contributed by atoms with Crippen LogP contribution in [0.4, 0.5) is 0 Å². The van der Waals surface area contributed by atoms with E-state index in [0.717, 1.165) is 25.8 Å². The Hall–Kier alpha value is -0.570. The Kier molecular flexibility index (Phi) is 3.44. The quantitative estimate of drug-likeness (QED) is 0.736. The lowest BCUT2D eigenvalue weighted by molar-refractivity contribution is -0.138. The van der Waals surface area contributed by atoms with Gasteiger partial charge in [-0.15, -0.1) is 0 Å². The highest BCUT2D eigenvalue weighted by Gasteiger charge is 2.46. The van der Waals surface area contributed by atoms with Crippen LogP contribution < -0.4 is 0 Å². The first-order valence-electron chi connectivity index (χ1n) is 5.74. The Labute approximate surface area is 92.5 Å². The van der Waals surface area contributed by atoms with Crippen molar-refractivity contribution in [3.8, 4) is 0 Å². The third kappa shape index (κ3) is 3.20. The van der Waals surface area contributed by atoms with Crippen LogP contribution >= 0.6 is 0 Å². The van der Waals surface area contributed by atoms with Gasteiger partial charge in [-0.1, -0.05) is 6.92 Å². The number of carboxylic acids is 1. The molecule has 0 aliphatic heterocycles. The third-order valence-electron chi connectivity index (χ3n) is 3.95. The fourth-order valence-corrected chi connectivity index (χ4v) is 1.88. The molecule has 0 spiro atoms. The van der Waals surface area contributed by atoms with Crippen LogP contribution in [0, 0.1) is 5.41 Å². The SMILES string of the molecule is CCC(C)(C)N(C)CC1(CC(=O)O)CC1. The molecule has 0 heterocycles. The highest BCUT2D eigenvalue weighted by atomic mass is 16.4. The number of nitrogens with zero attached hydrogens (tertiary/aromatic N) is 1. The summed E-state index contributed by atoms with van der Waals surface area (Å²) < 4.78 is 0. The van der Waals surface area contributed by atoms with Crippen LogP contribution in [0.25, 0.3) is 0 Å². The van der Waals surface area contributed by atoms with Crippen LogP contribution in [0.5, 0.6) is 0 Å². The van der Waals surface area contributed by atoms with Crippen molar-refractivity contribution in [1.82, 2.24) is 4.90 Å². The Morgan fingerprint density at radius 1 is 1.47 bits per heavy atom. The maximum atomic E-state index is 10.7. The minimum absolute atomic E-state index is 0.0764. The van der Waals surface area contributed by atoms with Crippen LogP contribution in [-0.2, 0) is 4.79 Å². The predicted molar refractivity (Wildman–Crippen MR) is 60.9 cm³/mol. The monoisotopic (exact) mass is 213 g/mol. The van der Waals surface area contributed by atoms with Gasteiger partial charge in [-0.05, 0) is 45.6 Å². The normalized spacial score (nSPS) is 19.3. The summed E-state index contributed by atoms with van der Waals surface area (Å²) in [6.45, 7) is 7.51. The largest absolute Gasteiger partial charge is 0.481 e. The highest BCUT2D eigenvalue weighted by Crippen LogP contribution is 2.49. The summed E-state index contributed by atoms with van der Waals surface area (Å²) >= 11 is 0. The van der Waals surface area contributed by atoms with Crippen LogP contribution in [0.3, 0.4) is 0 Å². The van der Waals surface area contributed by atoms with E-state index in [4.69, 9.17) is 5.11 Å². The van der Waals surface area contributed by atoms with Gasteiger partial charge in [0.1, 0.15) is 0 Å². The first-order valence-corrected chi connectivity index (χ1v) is 5.74. The summed E-state index contributed by atoms with van der Waals surface area (Å²) in [5.74, 6) is -0.657. The van der Waals surface area contributed by atoms with E-state index in [1.807, 2.05) is 0 Å². The zero-order valence-electron chi connectivity index (χ0n) is 10.3. The van der Waals surface area contributed by atoms with Crippen LogP contribution in [0.1, 0.15) is 46.5 Å². The molecule has 0 saturated heterocycles. The molecule has 0 bridgehead atoms. The maximum Gasteiger partial charge on any atom is 0.303 e. The fraction of sp³-hybridized carbons (Fsp3) is 0.917. The van der Waals surface area contributed by atoms with E-state index in [9.17, 15) is 4.79 Å². The standard InChI is InChI=1S/C12H23NO2/c1-5-11(2,3)13(4)9-12(6-7-12)8-10(14)15/h5-9H2,1-4H3,(H,14,15). The molecule has 1 rings (SSSR count). The van der Waals surface area contributed by atoms with Gasteiger partial charge in [-0.25, -0.2) is 0 Å². The first kappa shape index (κ1) is 12.5. The van der Waals surface area contributed by atoms with Crippen molar-refractivity contribution >= 4 is 5.97 Å². The van der Waals surface area contributed by atoms with Crippen LogP contribution in [-0.4, -0.2) is 35.1 Å². The van der Waals surface area contributed by atoms with Crippen molar-refractivity contribution in [3.05, 3.63) is 0 Å². The number of hydrogen-bond donors (Lipinski definition) is 1. The first-order chi connectivity index (χ1) is 6.81. The summed E-state index contributed by atoms with van der Waals surface area (Å²) in [7, 11) is 2.10. The molecule has 0 amide bonds. The van der Waals surface area contributed by atoms with Crippen molar-refractivity contribution in [2.45, 2.75) is 52.0 Å². The molecule has 1 saturated carbocycles. The fourth-order valence-electron chi connectivity index (χ4n) is 1.88. The zero-order valence-corrected chi connectivity index (χ0v) is 10.3. The molecule has 15 heavy (non-hydrogen) atoms. The summed E-state index contributed by atoms with van der Waals surface area (Å²) in [6, 6.07) is 0. The summed E-state index contributed by atoms with van der Waals surface area (Å²) in [5, 5.41) is 8.84.